The van der Waals surface area contributed by atoms with E-state index in [4.69, 9.17) is 0 Å². The van der Waals surface area contributed by atoms with Gasteiger partial charge < -0.3 is 0 Å². The van der Waals surface area contributed by atoms with Gasteiger partial charge in [-0.05, 0) is 11.8 Å². The van der Waals surface area contributed by atoms with Crippen molar-refractivity contribution in [2.75, 3.05) is 0 Å². The van der Waals surface area contributed by atoms with E-state index in [-0.39, 0.29) is 0 Å². The Morgan fingerprint density at radius 2 is 1.57 bits per heavy atom. The van der Waals surface area contributed by atoms with Crippen LogP contribution in [0.3, 0.4) is 0 Å². The second kappa shape index (κ2) is 1.89. The van der Waals surface area contributed by atoms with Crippen LogP contribution in [-0.2, 0) is 0 Å². The van der Waals surface area contributed by atoms with Crippen molar-refractivity contribution in [3.05, 3.63) is 0 Å². The van der Waals surface area contributed by atoms with Crippen LogP contribution in [0.1, 0.15) is 13.8 Å². The molecule has 0 bridgehead atoms. The molecule has 1 aliphatic rings. The summed E-state index contributed by atoms with van der Waals surface area (Å²) in [7, 11) is 2.40. The van der Waals surface area contributed by atoms with Crippen molar-refractivity contribution in [1.29, 1.82) is 0 Å². The lowest BCUT2D eigenvalue weighted by Gasteiger charge is -2.06. The fourth-order valence-electron chi connectivity index (χ4n) is 1.09. The van der Waals surface area contributed by atoms with E-state index in [2.05, 4.69) is 21.1 Å². The maximum absolute atomic E-state index is 2.40. The van der Waals surface area contributed by atoms with Gasteiger partial charge in [0.1, 0.15) is 7.28 Å². The van der Waals surface area contributed by atoms with Gasteiger partial charge in [0.15, 0.2) is 0 Å². The molecule has 0 aliphatic carbocycles. The van der Waals surface area contributed by atoms with Gasteiger partial charge in [0.25, 0.3) is 0 Å². The van der Waals surface area contributed by atoms with Crippen molar-refractivity contribution >= 4 is 7.28 Å². The topological polar surface area (TPSA) is 0 Å². The molecule has 39 valence electrons. The minimum absolute atomic E-state index is 0.958. The Balaban J connectivity index is 2.33. The predicted molar refractivity (Wildman–Crippen MR) is 33.7 cm³/mol. The molecule has 1 saturated heterocycles. The van der Waals surface area contributed by atoms with Gasteiger partial charge >= 0.3 is 0 Å². The van der Waals surface area contributed by atoms with Crippen LogP contribution < -0.4 is 0 Å². The summed E-state index contributed by atoms with van der Waals surface area (Å²) in [6.07, 6.45) is 2.70. The van der Waals surface area contributed by atoms with E-state index in [9.17, 15) is 0 Å². The molecule has 1 aliphatic heterocycles. The minimum Gasteiger partial charge on any atom is -0.0776 e. The van der Waals surface area contributed by atoms with Crippen LogP contribution >= 0.6 is 0 Å². The number of hydrogen-bond acceptors (Lipinski definition) is 0. The van der Waals surface area contributed by atoms with E-state index >= 15 is 0 Å². The molecule has 2 atom stereocenters. The summed E-state index contributed by atoms with van der Waals surface area (Å²) >= 11 is 0. The van der Waals surface area contributed by atoms with Gasteiger partial charge in [-0.1, -0.05) is 26.5 Å². The van der Waals surface area contributed by atoms with Gasteiger partial charge in [-0.15, -0.1) is 0 Å². The summed E-state index contributed by atoms with van der Waals surface area (Å²) in [6.45, 7) is 4.66. The lowest BCUT2D eigenvalue weighted by molar-refractivity contribution is 0.486. The molecule has 0 nitrogen and oxygen atoms in total. The Labute approximate surface area is 46.5 Å². The summed E-state index contributed by atoms with van der Waals surface area (Å²) in [5.74, 6) is 1.92. The van der Waals surface area contributed by atoms with Crippen LogP contribution in [0, 0.1) is 11.8 Å². The van der Waals surface area contributed by atoms with Crippen molar-refractivity contribution in [1.82, 2.24) is 0 Å². The second-order valence-corrected chi connectivity index (χ2v) is 2.71. The molecule has 2 unspecified atom stereocenters. The highest BCUT2D eigenvalue weighted by atomic mass is 14.1. The van der Waals surface area contributed by atoms with E-state index < -0.39 is 0 Å². The first-order chi connectivity index (χ1) is 3.30. The molecule has 0 aromatic heterocycles. The highest BCUT2D eigenvalue weighted by molar-refractivity contribution is 6.36. The highest BCUT2D eigenvalue weighted by Gasteiger charge is 2.18. The van der Waals surface area contributed by atoms with Crippen molar-refractivity contribution in [2.24, 2.45) is 11.8 Å². The van der Waals surface area contributed by atoms with E-state index in [1.807, 2.05) is 0 Å². The molecule has 0 aromatic carbocycles. The van der Waals surface area contributed by atoms with Crippen molar-refractivity contribution < 1.29 is 0 Å². The standard InChI is InChI=1S/C6H12B/c1-5-3-7-4-6(5)2/h5-6H,3-4H2,1-2H3. The van der Waals surface area contributed by atoms with Gasteiger partial charge in [0.2, 0.25) is 0 Å². The molecule has 1 heterocycles. The summed E-state index contributed by atoms with van der Waals surface area (Å²) in [4.78, 5) is 0. The molecule has 1 fully saturated rings. The largest absolute Gasteiger partial charge is 0.110 e. The molecular weight excluding hydrogens is 82.9 g/mol. The highest BCUT2D eigenvalue weighted by Crippen LogP contribution is 2.26. The third-order valence-electron chi connectivity index (χ3n) is 2.05. The summed E-state index contributed by atoms with van der Waals surface area (Å²) in [5.41, 5.74) is 0. The molecule has 1 rings (SSSR count). The SMILES string of the molecule is CC1C[B]CC1C. The Hall–Kier alpha value is 0.0649. The molecular formula is C6H12B. The molecule has 0 N–H and O–H groups in total. The first kappa shape index (κ1) is 5.21. The van der Waals surface area contributed by atoms with Crippen LogP contribution in [0.4, 0.5) is 0 Å². The van der Waals surface area contributed by atoms with Crippen molar-refractivity contribution in [3.8, 4) is 0 Å². The summed E-state index contributed by atoms with van der Waals surface area (Å²) < 4.78 is 0. The van der Waals surface area contributed by atoms with E-state index in [1.165, 1.54) is 12.6 Å². The summed E-state index contributed by atoms with van der Waals surface area (Å²) in [5, 5.41) is 0. The quantitative estimate of drug-likeness (QED) is 0.402. The van der Waals surface area contributed by atoms with Crippen molar-refractivity contribution in [3.63, 3.8) is 0 Å². The number of rotatable bonds is 0. The van der Waals surface area contributed by atoms with E-state index in [0.29, 0.717) is 0 Å². The molecule has 0 saturated carbocycles. The summed E-state index contributed by atoms with van der Waals surface area (Å²) in [6, 6.07) is 0. The zero-order chi connectivity index (χ0) is 5.28. The number of hydrogen-bond donors (Lipinski definition) is 0. The van der Waals surface area contributed by atoms with Crippen molar-refractivity contribution in [2.45, 2.75) is 26.5 Å². The van der Waals surface area contributed by atoms with E-state index in [1.54, 1.807) is 0 Å². The molecule has 7 heavy (non-hydrogen) atoms. The smallest absolute Gasteiger partial charge is 0.0776 e. The minimum atomic E-state index is 0.958. The normalized spacial score (nSPS) is 40.9. The average molecular weight is 95.0 g/mol. The fourth-order valence-corrected chi connectivity index (χ4v) is 1.09. The van der Waals surface area contributed by atoms with Gasteiger partial charge in [0, 0.05) is 0 Å². The Bertz CT molecular complexity index is 53.2. The van der Waals surface area contributed by atoms with Gasteiger partial charge in [-0.2, -0.15) is 0 Å². The van der Waals surface area contributed by atoms with Gasteiger partial charge in [0.05, 0.1) is 0 Å². The predicted octanol–water partition coefficient (Wildman–Crippen LogP) is 1.81. The third kappa shape index (κ3) is 0.989. The Kier molecular flexibility index (Phi) is 1.41. The van der Waals surface area contributed by atoms with Gasteiger partial charge in [-0.25, -0.2) is 0 Å². The van der Waals surface area contributed by atoms with Crippen LogP contribution in [-0.4, -0.2) is 7.28 Å². The maximum atomic E-state index is 2.40. The fraction of sp³-hybridized carbons (Fsp3) is 1.00. The molecule has 0 spiro atoms. The first-order valence-electron chi connectivity index (χ1n) is 3.12. The van der Waals surface area contributed by atoms with Crippen LogP contribution in [0.25, 0.3) is 0 Å². The Morgan fingerprint density at radius 3 is 1.71 bits per heavy atom. The van der Waals surface area contributed by atoms with Gasteiger partial charge in [-0.3, -0.25) is 0 Å². The molecule has 0 amide bonds. The zero-order valence-corrected chi connectivity index (χ0v) is 5.15. The lowest BCUT2D eigenvalue weighted by Crippen LogP contribution is -1.94. The Morgan fingerprint density at radius 1 is 1.14 bits per heavy atom. The molecule has 1 heteroatoms. The third-order valence-corrected chi connectivity index (χ3v) is 2.05. The average Bonchev–Trinajstić information content (AvgIpc) is 1.91. The zero-order valence-electron chi connectivity index (χ0n) is 5.15. The first-order valence-corrected chi connectivity index (χ1v) is 3.12. The van der Waals surface area contributed by atoms with Crippen LogP contribution in [0.5, 0.6) is 0 Å². The van der Waals surface area contributed by atoms with Crippen LogP contribution in [0.15, 0.2) is 0 Å². The maximum Gasteiger partial charge on any atom is 0.110 e. The molecule has 0 aromatic rings. The molecule has 1 radical (unpaired) electrons. The monoisotopic (exact) mass is 95.1 g/mol. The van der Waals surface area contributed by atoms with Crippen LogP contribution in [0.2, 0.25) is 12.6 Å². The second-order valence-electron chi connectivity index (χ2n) is 2.71. The van der Waals surface area contributed by atoms with E-state index in [0.717, 1.165) is 11.8 Å². The lowest BCUT2D eigenvalue weighted by atomic mass is 9.76.